The van der Waals surface area contributed by atoms with Gasteiger partial charge in [0.1, 0.15) is 5.82 Å². The normalized spacial score (nSPS) is 16.2. The van der Waals surface area contributed by atoms with Gasteiger partial charge >= 0.3 is 0 Å². The van der Waals surface area contributed by atoms with Gasteiger partial charge in [0.15, 0.2) is 0 Å². The standard InChI is InChI=1S/C16H19N3O/c17-15(20)13-7-4-8-14(11-13)19-10-9-18-16(19)12-5-2-1-3-6-12/h4,7-12H,1-3,5-6H2,(H2,17,20). The summed E-state index contributed by atoms with van der Waals surface area (Å²) in [5.74, 6) is 1.23. The van der Waals surface area contributed by atoms with Crippen molar-refractivity contribution < 1.29 is 4.79 Å². The third-order valence-electron chi connectivity index (χ3n) is 4.05. The molecule has 3 rings (SSSR count). The number of hydrogen-bond acceptors (Lipinski definition) is 2. The zero-order valence-corrected chi connectivity index (χ0v) is 11.5. The summed E-state index contributed by atoms with van der Waals surface area (Å²) in [5.41, 5.74) is 6.84. The summed E-state index contributed by atoms with van der Waals surface area (Å²) in [6, 6.07) is 7.42. The molecule has 1 aliphatic carbocycles. The Hall–Kier alpha value is -2.10. The lowest BCUT2D eigenvalue weighted by Crippen LogP contribution is -2.13. The van der Waals surface area contributed by atoms with Gasteiger partial charge in [0, 0.05) is 29.6 Å². The molecule has 0 aliphatic heterocycles. The largest absolute Gasteiger partial charge is 0.366 e. The number of aromatic nitrogens is 2. The second-order valence-electron chi connectivity index (χ2n) is 5.40. The van der Waals surface area contributed by atoms with Gasteiger partial charge in [-0.3, -0.25) is 4.79 Å². The molecule has 4 nitrogen and oxygen atoms in total. The molecule has 1 saturated carbocycles. The van der Waals surface area contributed by atoms with Crippen LogP contribution in [-0.4, -0.2) is 15.5 Å². The first kappa shape index (κ1) is 12.9. The Morgan fingerprint density at radius 3 is 2.80 bits per heavy atom. The molecule has 1 heterocycles. The van der Waals surface area contributed by atoms with E-state index in [9.17, 15) is 4.79 Å². The van der Waals surface area contributed by atoms with Crippen LogP contribution >= 0.6 is 0 Å². The van der Waals surface area contributed by atoms with E-state index in [0.717, 1.165) is 11.5 Å². The molecule has 4 heteroatoms. The van der Waals surface area contributed by atoms with E-state index in [1.807, 2.05) is 30.6 Å². The van der Waals surface area contributed by atoms with Gasteiger partial charge in [-0.2, -0.15) is 0 Å². The first-order valence-corrected chi connectivity index (χ1v) is 7.19. The average molecular weight is 269 g/mol. The lowest BCUT2D eigenvalue weighted by Gasteiger charge is -2.22. The summed E-state index contributed by atoms with van der Waals surface area (Å²) in [7, 11) is 0. The van der Waals surface area contributed by atoms with Gasteiger partial charge in [-0.15, -0.1) is 0 Å². The minimum atomic E-state index is -0.397. The minimum absolute atomic E-state index is 0.397. The van der Waals surface area contributed by atoms with E-state index in [0.29, 0.717) is 11.5 Å². The van der Waals surface area contributed by atoms with Crippen molar-refractivity contribution in [3.05, 3.63) is 48.0 Å². The topological polar surface area (TPSA) is 60.9 Å². The van der Waals surface area contributed by atoms with Crippen LogP contribution in [0.25, 0.3) is 5.69 Å². The molecule has 20 heavy (non-hydrogen) atoms. The van der Waals surface area contributed by atoms with Crippen molar-refractivity contribution in [1.29, 1.82) is 0 Å². The van der Waals surface area contributed by atoms with Crippen LogP contribution in [0.15, 0.2) is 36.7 Å². The van der Waals surface area contributed by atoms with Crippen molar-refractivity contribution in [2.75, 3.05) is 0 Å². The molecular formula is C16H19N3O. The highest BCUT2D eigenvalue weighted by atomic mass is 16.1. The molecular weight excluding hydrogens is 250 g/mol. The molecule has 0 radical (unpaired) electrons. The van der Waals surface area contributed by atoms with Gasteiger partial charge in [-0.1, -0.05) is 25.3 Å². The van der Waals surface area contributed by atoms with Crippen LogP contribution in [0.5, 0.6) is 0 Å². The van der Waals surface area contributed by atoms with E-state index in [1.54, 1.807) is 6.07 Å². The fourth-order valence-electron chi connectivity index (χ4n) is 3.01. The van der Waals surface area contributed by atoms with Gasteiger partial charge in [0.05, 0.1) is 0 Å². The number of carbonyl (C=O) groups is 1. The molecule has 2 N–H and O–H groups in total. The van der Waals surface area contributed by atoms with Gasteiger partial charge < -0.3 is 10.3 Å². The fraction of sp³-hybridized carbons (Fsp3) is 0.375. The van der Waals surface area contributed by atoms with Crippen LogP contribution in [0, 0.1) is 0 Å². The van der Waals surface area contributed by atoms with Crippen molar-refractivity contribution in [2.24, 2.45) is 5.73 Å². The molecule has 0 bridgehead atoms. The van der Waals surface area contributed by atoms with Crippen molar-refractivity contribution in [3.63, 3.8) is 0 Å². The van der Waals surface area contributed by atoms with Crippen molar-refractivity contribution in [3.8, 4) is 5.69 Å². The Bertz CT molecular complexity index is 612. The van der Waals surface area contributed by atoms with E-state index in [4.69, 9.17) is 5.73 Å². The number of amides is 1. The van der Waals surface area contributed by atoms with Crippen LogP contribution in [0.1, 0.15) is 54.2 Å². The van der Waals surface area contributed by atoms with E-state index in [-0.39, 0.29) is 0 Å². The maximum atomic E-state index is 11.3. The molecule has 1 aromatic carbocycles. The van der Waals surface area contributed by atoms with Crippen molar-refractivity contribution in [1.82, 2.24) is 9.55 Å². The lowest BCUT2D eigenvalue weighted by molar-refractivity contribution is 0.100. The smallest absolute Gasteiger partial charge is 0.248 e. The van der Waals surface area contributed by atoms with Crippen LogP contribution in [0.4, 0.5) is 0 Å². The molecule has 2 aromatic rings. The molecule has 1 fully saturated rings. The quantitative estimate of drug-likeness (QED) is 0.931. The summed E-state index contributed by atoms with van der Waals surface area (Å²) in [4.78, 5) is 15.8. The number of nitrogens with zero attached hydrogens (tertiary/aromatic N) is 2. The van der Waals surface area contributed by atoms with Crippen molar-refractivity contribution >= 4 is 5.91 Å². The van der Waals surface area contributed by atoms with Crippen molar-refractivity contribution in [2.45, 2.75) is 38.0 Å². The van der Waals surface area contributed by atoms with Gasteiger partial charge in [-0.25, -0.2) is 4.98 Å². The highest BCUT2D eigenvalue weighted by Crippen LogP contribution is 2.32. The Morgan fingerprint density at radius 2 is 2.05 bits per heavy atom. The number of rotatable bonds is 3. The predicted molar refractivity (Wildman–Crippen MR) is 77.9 cm³/mol. The van der Waals surface area contributed by atoms with Crippen LogP contribution in [-0.2, 0) is 0 Å². The number of benzene rings is 1. The summed E-state index contributed by atoms with van der Waals surface area (Å²) in [6.07, 6.45) is 10.1. The fourth-order valence-corrected chi connectivity index (χ4v) is 3.01. The van der Waals surface area contributed by atoms with E-state index in [2.05, 4.69) is 9.55 Å². The zero-order valence-electron chi connectivity index (χ0n) is 11.5. The summed E-state index contributed by atoms with van der Waals surface area (Å²) in [6.45, 7) is 0. The molecule has 1 aromatic heterocycles. The Labute approximate surface area is 118 Å². The van der Waals surface area contributed by atoms with Crippen LogP contribution in [0.2, 0.25) is 0 Å². The molecule has 1 aliphatic rings. The van der Waals surface area contributed by atoms with Crippen LogP contribution in [0.3, 0.4) is 0 Å². The van der Waals surface area contributed by atoms with Gasteiger partial charge in [-0.05, 0) is 31.0 Å². The number of hydrogen-bond donors (Lipinski definition) is 1. The zero-order chi connectivity index (χ0) is 13.9. The summed E-state index contributed by atoms with van der Waals surface area (Å²) in [5, 5.41) is 0. The first-order valence-electron chi connectivity index (χ1n) is 7.19. The highest BCUT2D eigenvalue weighted by Gasteiger charge is 2.20. The van der Waals surface area contributed by atoms with Gasteiger partial charge in [0.25, 0.3) is 0 Å². The van der Waals surface area contributed by atoms with Crippen LogP contribution < -0.4 is 5.73 Å². The number of carbonyl (C=O) groups excluding carboxylic acids is 1. The highest BCUT2D eigenvalue weighted by molar-refractivity contribution is 5.93. The maximum Gasteiger partial charge on any atom is 0.248 e. The Balaban J connectivity index is 1.96. The molecule has 0 unspecified atom stereocenters. The van der Waals surface area contributed by atoms with E-state index < -0.39 is 5.91 Å². The predicted octanol–water partition coefficient (Wildman–Crippen LogP) is 3.02. The van der Waals surface area contributed by atoms with E-state index >= 15 is 0 Å². The number of primary amides is 1. The molecule has 0 atom stereocenters. The second-order valence-corrected chi connectivity index (χ2v) is 5.40. The molecule has 0 spiro atoms. The third kappa shape index (κ3) is 2.46. The molecule has 1 amide bonds. The second kappa shape index (κ2) is 5.49. The first-order chi connectivity index (χ1) is 9.75. The summed E-state index contributed by atoms with van der Waals surface area (Å²) < 4.78 is 2.09. The van der Waals surface area contributed by atoms with Gasteiger partial charge in [0.2, 0.25) is 5.91 Å². The number of nitrogens with two attached hydrogens (primary N) is 1. The minimum Gasteiger partial charge on any atom is -0.366 e. The maximum absolute atomic E-state index is 11.3. The monoisotopic (exact) mass is 269 g/mol. The molecule has 104 valence electrons. The lowest BCUT2D eigenvalue weighted by atomic mass is 9.88. The Kier molecular flexibility index (Phi) is 3.54. The average Bonchev–Trinajstić information content (AvgIpc) is 2.98. The number of imidazole rings is 1. The molecule has 0 saturated heterocycles. The SMILES string of the molecule is NC(=O)c1cccc(-n2ccnc2C2CCCCC2)c1. The Morgan fingerprint density at radius 1 is 1.25 bits per heavy atom. The van der Waals surface area contributed by atoms with E-state index in [1.165, 1.54) is 32.1 Å². The summed E-state index contributed by atoms with van der Waals surface area (Å²) >= 11 is 0. The third-order valence-corrected chi connectivity index (χ3v) is 4.05.